The van der Waals surface area contributed by atoms with Crippen LogP contribution in [0.1, 0.15) is 49.3 Å². The molecule has 1 aliphatic rings. The molecule has 0 radical (unpaired) electrons. The van der Waals surface area contributed by atoms with E-state index in [0.717, 1.165) is 16.3 Å². The lowest BCUT2D eigenvalue weighted by atomic mass is 9.84. The van der Waals surface area contributed by atoms with Gasteiger partial charge in [0.05, 0.1) is 17.6 Å². The van der Waals surface area contributed by atoms with Gasteiger partial charge in [-0.15, -0.1) is 11.3 Å². The van der Waals surface area contributed by atoms with Crippen LogP contribution in [0.2, 0.25) is 0 Å². The zero-order chi connectivity index (χ0) is 15.5. The van der Waals surface area contributed by atoms with Crippen molar-refractivity contribution in [3.8, 4) is 0 Å². The molecule has 3 aromatic heterocycles. The fourth-order valence-electron chi connectivity index (χ4n) is 3.42. The minimum Gasteiger partial charge on any atom is -0.364 e. The predicted molar refractivity (Wildman–Crippen MR) is 94.8 cm³/mol. The van der Waals surface area contributed by atoms with Crippen molar-refractivity contribution in [2.75, 3.05) is 5.32 Å². The van der Waals surface area contributed by atoms with Crippen LogP contribution in [0.4, 0.5) is 5.82 Å². The van der Waals surface area contributed by atoms with Gasteiger partial charge >= 0.3 is 0 Å². The monoisotopic (exact) mass is 324 g/mol. The van der Waals surface area contributed by atoms with Crippen molar-refractivity contribution >= 4 is 27.4 Å². The second kappa shape index (κ2) is 6.62. The minimum atomic E-state index is 0.666. The number of rotatable bonds is 4. The normalized spacial score (nSPS) is 15.8. The van der Waals surface area contributed by atoms with E-state index in [2.05, 4.69) is 25.6 Å². The molecule has 5 heteroatoms. The molecule has 1 saturated carbocycles. The molecule has 0 spiro atoms. The van der Waals surface area contributed by atoms with E-state index in [1.165, 1.54) is 43.1 Å². The summed E-state index contributed by atoms with van der Waals surface area (Å²) in [5.74, 6) is 1.61. The maximum absolute atomic E-state index is 4.51. The largest absolute Gasteiger partial charge is 0.364 e. The number of nitrogens with one attached hydrogen (secondary N) is 1. The van der Waals surface area contributed by atoms with Crippen molar-refractivity contribution in [1.29, 1.82) is 0 Å². The highest BCUT2D eigenvalue weighted by atomic mass is 32.1. The van der Waals surface area contributed by atoms with Gasteiger partial charge in [-0.2, -0.15) is 0 Å². The lowest BCUT2D eigenvalue weighted by molar-refractivity contribution is 0.446. The van der Waals surface area contributed by atoms with E-state index in [-0.39, 0.29) is 0 Å². The van der Waals surface area contributed by atoms with Crippen LogP contribution in [0, 0.1) is 0 Å². The third-order valence-electron chi connectivity index (χ3n) is 4.61. The van der Waals surface area contributed by atoms with Crippen LogP contribution in [-0.4, -0.2) is 15.0 Å². The average Bonchev–Trinajstić information content (AvgIpc) is 3.06. The Bertz CT molecular complexity index is 778. The van der Waals surface area contributed by atoms with E-state index < -0.39 is 0 Å². The Morgan fingerprint density at radius 2 is 2.00 bits per heavy atom. The minimum absolute atomic E-state index is 0.666. The highest BCUT2D eigenvalue weighted by Gasteiger charge is 2.21. The van der Waals surface area contributed by atoms with Gasteiger partial charge in [-0.3, -0.25) is 4.98 Å². The molecular weight excluding hydrogens is 304 g/mol. The Morgan fingerprint density at radius 1 is 1.09 bits per heavy atom. The van der Waals surface area contributed by atoms with Gasteiger partial charge in [-0.05, 0) is 41.8 Å². The summed E-state index contributed by atoms with van der Waals surface area (Å²) in [6.45, 7) is 0.687. The average molecular weight is 324 g/mol. The molecule has 1 fully saturated rings. The summed E-state index contributed by atoms with van der Waals surface area (Å²) in [7, 11) is 0. The maximum atomic E-state index is 4.51. The zero-order valence-electron chi connectivity index (χ0n) is 13.0. The number of nitrogens with zero attached hydrogens (tertiary/aromatic N) is 3. The summed E-state index contributed by atoms with van der Waals surface area (Å²) in [5.41, 5.74) is 2.46. The van der Waals surface area contributed by atoms with Crippen molar-refractivity contribution in [3.05, 3.63) is 47.4 Å². The number of thiophene rings is 1. The van der Waals surface area contributed by atoms with E-state index >= 15 is 0 Å². The van der Waals surface area contributed by atoms with E-state index in [1.807, 2.05) is 24.4 Å². The Hall–Kier alpha value is -2.01. The first-order valence-corrected chi connectivity index (χ1v) is 9.15. The second-order valence-corrected chi connectivity index (χ2v) is 6.96. The second-order valence-electron chi connectivity index (χ2n) is 6.10. The maximum Gasteiger partial charge on any atom is 0.138 e. The van der Waals surface area contributed by atoms with E-state index in [4.69, 9.17) is 0 Å². The molecular formula is C18H20N4S. The first-order chi connectivity index (χ1) is 11.4. The number of fused-ring (bicyclic) bond motifs is 1. The van der Waals surface area contributed by atoms with E-state index in [9.17, 15) is 0 Å². The number of aromatic nitrogens is 3. The molecule has 23 heavy (non-hydrogen) atoms. The van der Waals surface area contributed by atoms with Crippen LogP contribution in [0.15, 0.2) is 36.1 Å². The van der Waals surface area contributed by atoms with Gasteiger partial charge in [-0.25, -0.2) is 9.97 Å². The fraction of sp³-hybridized carbons (Fsp3) is 0.389. The molecule has 0 saturated heterocycles. The molecule has 0 atom stereocenters. The number of anilines is 1. The molecule has 1 aliphatic carbocycles. The highest BCUT2D eigenvalue weighted by molar-refractivity contribution is 7.17. The van der Waals surface area contributed by atoms with Crippen LogP contribution in [0.25, 0.3) is 10.2 Å². The molecule has 0 bridgehead atoms. The molecule has 0 aliphatic heterocycles. The number of hydrogen-bond acceptors (Lipinski definition) is 5. The Labute approximate surface area is 140 Å². The topological polar surface area (TPSA) is 50.7 Å². The van der Waals surface area contributed by atoms with Crippen LogP contribution < -0.4 is 5.32 Å². The molecule has 0 aromatic carbocycles. The standard InChI is InChI=1S/C18H20N4S/c1-2-6-13(7-3-1)15-11-23-18-16(15)17(21-12-22-18)20-10-14-8-4-5-9-19-14/h4-5,8-9,11-13H,1-3,6-7,10H2,(H,20,21,22). The van der Waals surface area contributed by atoms with E-state index in [1.54, 1.807) is 17.7 Å². The molecule has 118 valence electrons. The van der Waals surface area contributed by atoms with Gasteiger partial charge in [0.15, 0.2) is 0 Å². The predicted octanol–water partition coefficient (Wildman–Crippen LogP) is 4.75. The summed E-state index contributed by atoms with van der Waals surface area (Å²) in [5, 5.41) is 6.98. The number of hydrogen-bond donors (Lipinski definition) is 1. The van der Waals surface area contributed by atoms with Gasteiger partial charge in [0.1, 0.15) is 17.0 Å². The molecule has 3 aromatic rings. The van der Waals surface area contributed by atoms with Crippen molar-refractivity contribution in [2.24, 2.45) is 0 Å². The van der Waals surface area contributed by atoms with Gasteiger partial charge in [0, 0.05) is 6.20 Å². The van der Waals surface area contributed by atoms with Crippen LogP contribution in [0.3, 0.4) is 0 Å². The van der Waals surface area contributed by atoms with Crippen molar-refractivity contribution in [1.82, 2.24) is 15.0 Å². The summed E-state index contributed by atoms with van der Waals surface area (Å²) in [6.07, 6.45) is 10.1. The van der Waals surface area contributed by atoms with Gasteiger partial charge in [0.25, 0.3) is 0 Å². The SMILES string of the molecule is c1ccc(CNc2ncnc3scc(C4CCCCC4)c23)nc1. The summed E-state index contributed by atoms with van der Waals surface area (Å²) in [4.78, 5) is 14.4. The number of pyridine rings is 1. The third kappa shape index (κ3) is 3.06. The lowest BCUT2D eigenvalue weighted by Crippen LogP contribution is -2.07. The highest BCUT2D eigenvalue weighted by Crippen LogP contribution is 2.40. The fourth-order valence-corrected chi connectivity index (χ4v) is 4.41. The molecule has 0 amide bonds. The summed E-state index contributed by atoms with van der Waals surface area (Å²) >= 11 is 1.74. The molecule has 0 unspecified atom stereocenters. The molecule has 3 heterocycles. The van der Waals surface area contributed by atoms with Gasteiger partial charge in [-0.1, -0.05) is 25.3 Å². The lowest BCUT2D eigenvalue weighted by Gasteiger charge is -2.21. The van der Waals surface area contributed by atoms with E-state index in [0.29, 0.717) is 12.5 Å². The molecule has 1 N–H and O–H groups in total. The quantitative estimate of drug-likeness (QED) is 0.752. The van der Waals surface area contributed by atoms with Crippen molar-refractivity contribution in [3.63, 3.8) is 0 Å². The van der Waals surface area contributed by atoms with Crippen molar-refractivity contribution in [2.45, 2.75) is 44.6 Å². The summed E-state index contributed by atoms with van der Waals surface area (Å²) in [6, 6.07) is 5.98. The van der Waals surface area contributed by atoms with Gasteiger partial charge in [0.2, 0.25) is 0 Å². The molecule has 4 rings (SSSR count). The van der Waals surface area contributed by atoms with Crippen LogP contribution >= 0.6 is 11.3 Å². The first kappa shape index (κ1) is 14.6. The Kier molecular flexibility index (Phi) is 4.20. The van der Waals surface area contributed by atoms with Crippen LogP contribution in [0.5, 0.6) is 0 Å². The summed E-state index contributed by atoms with van der Waals surface area (Å²) < 4.78 is 0. The Balaban J connectivity index is 1.64. The van der Waals surface area contributed by atoms with Gasteiger partial charge < -0.3 is 5.32 Å². The zero-order valence-corrected chi connectivity index (χ0v) is 13.9. The smallest absolute Gasteiger partial charge is 0.138 e. The Morgan fingerprint density at radius 3 is 2.83 bits per heavy atom. The van der Waals surface area contributed by atoms with Crippen LogP contribution in [-0.2, 0) is 6.54 Å². The first-order valence-electron chi connectivity index (χ1n) is 8.27. The molecule has 4 nitrogen and oxygen atoms in total. The third-order valence-corrected chi connectivity index (χ3v) is 5.51. The van der Waals surface area contributed by atoms with Crippen molar-refractivity contribution < 1.29 is 0 Å².